The Morgan fingerprint density at radius 1 is 1.36 bits per heavy atom. The first-order valence-electron chi connectivity index (χ1n) is 7.58. The van der Waals surface area contributed by atoms with Crippen LogP contribution in [0.25, 0.3) is 0 Å². The van der Waals surface area contributed by atoms with Gasteiger partial charge in [0, 0.05) is 5.56 Å². The van der Waals surface area contributed by atoms with E-state index in [2.05, 4.69) is 6.92 Å². The molecular weight excluding hydrogens is 282 g/mol. The molecular formula is C17H25NO4. The molecule has 0 fully saturated rings. The summed E-state index contributed by atoms with van der Waals surface area (Å²) in [4.78, 5) is 12.5. The van der Waals surface area contributed by atoms with Crippen molar-refractivity contribution in [2.24, 2.45) is 0 Å². The lowest BCUT2D eigenvalue weighted by molar-refractivity contribution is -0.132. The Labute approximate surface area is 131 Å². The summed E-state index contributed by atoms with van der Waals surface area (Å²) >= 11 is 0. The molecule has 0 spiro atoms. The molecule has 0 aliphatic rings. The van der Waals surface area contributed by atoms with Gasteiger partial charge in [-0.1, -0.05) is 32.3 Å². The third-order valence-electron chi connectivity index (χ3n) is 3.33. The fraction of sp³-hybridized carbons (Fsp3) is 0.471. The Morgan fingerprint density at radius 3 is 2.68 bits per heavy atom. The quantitative estimate of drug-likeness (QED) is 0.163. The van der Waals surface area contributed by atoms with Crippen LogP contribution in [0, 0.1) is 0 Å². The van der Waals surface area contributed by atoms with E-state index in [1.54, 1.807) is 13.0 Å². The van der Waals surface area contributed by atoms with E-state index < -0.39 is 11.6 Å². The number of ether oxygens (including phenoxy) is 1. The minimum atomic E-state index is -2.02. The highest BCUT2D eigenvalue weighted by atomic mass is 16.6. The van der Waals surface area contributed by atoms with Gasteiger partial charge < -0.3 is 20.7 Å². The molecule has 5 nitrogen and oxygen atoms in total. The zero-order valence-corrected chi connectivity index (χ0v) is 13.2. The van der Waals surface area contributed by atoms with E-state index in [9.17, 15) is 15.0 Å². The fourth-order valence-electron chi connectivity index (χ4n) is 2.06. The summed E-state index contributed by atoms with van der Waals surface area (Å²) in [5.74, 6) is -2.85. The molecule has 0 saturated heterocycles. The summed E-state index contributed by atoms with van der Waals surface area (Å²) in [7, 11) is 0. The first kappa shape index (κ1) is 18.2. The van der Waals surface area contributed by atoms with E-state index in [4.69, 9.17) is 10.5 Å². The van der Waals surface area contributed by atoms with Crippen LogP contribution in [0.3, 0.4) is 0 Å². The van der Waals surface area contributed by atoms with Crippen LogP contribution in [0.15, 0.2) is 30.4 Å². The van der Waals surface area contributed by atoms with Crippen molar-refractivity contribution in [3.8, 4) is 5.75 Å². The van der Waals surface area contributed by atoms with Crippen LogP contribution in [-0.2, 0) is 4.74 Å². The lowest BCUT2D eigenvalue weighted by Gasteiger charge is -2.23. The van der Waals surface area contributed by atoms with Gasteiger partial charge in [0.1, 0.15) is 5.75 Å². The molecule has 0 radical (unpaired) electrons. The molecule has 1 rings (SSSR count). The second kappa shape index (κ2) is 8.56. The molecule has 0 saturated carbocycles. The summed E-state index contributed by atoms with van der Waals surface area (Å²) in [5.41, 5.74) is 5.83. The number of carbonyl (C=O) groups excluding carboxylic acids is 1. The second-order valence-corrected chi connectivity index (χ2v) is 5.21. The van der Waals surface area contributed by atoms with Gasteiger partial charge in [0.05, 0.1) is 12.3 Å². The number of ketones is 1. The Kier molecular flexibility index (Phi) is 7.08. The lowest BCUT2D eigenvalue weighted by Crippen LogP contribution is -2.40. The number of aliphatic hydroxyl groups is 1. The molecule has 4 N–H and O–H groups in total. The topological polar surface area (TPSA) is 92.8 Å². The van der Waals surface area contributed by atoms with E-state index in [1.165, 1.54) is 24.3 Å². The minimum absolute atomic E-state index is 0.140. The molecule has 122 valence electrons. The SMILES string of the molecule is CC=CC(O)(OCCCCCC)C(=O)c1ccc(N)c(O)c1. The van der Waals surface area contributed by atoms with Gasteiger partial charge in [0.2, 0.25) is 5.78 Å². The maximum atomic E-state index is 12.5. The van der Waals surface area contributed by atoms with Crippen LogP contribution >= 0.6 is 0 Å². The Hall–Kier alpha value is -1.85. The van der Waals surface area contributed by atoms with Gasteiger partial charge in [-0.25, -0.2) is 0 Å². The first-order valence-corrected chi connectivity index (χ1v) is 7.58. The normalized spacial score (nSPS) is 14.1. The van der Waals surface area contributed by atoms with Crippen LogP contribution in [0.1, 0.15) is 49.9 Å². The van der Waals surface area contributed by atoms with Crippen molar-refractivity contribution in [3.05, 3.63) is 35.9 Å². The molecule has 1 atom stereocenters. The zero-order chi connectivity index (χ0) is 16.6. The van der Waals surface area contributed by atoms with E-state index in [0.29, 0.717) is 0 Å². The molecule has 0 aromatic heterocycles. The van der Waals surface area contributed by atoms with Gasteiger partial charge in [-0.2, -0.15) is 0 Å². The number of aromatic hydroxyl groups is 1. The zero-order valence-electron chi connectivity index (χ0n) is 13.2. The predicted octanol–water partition coefficient (Wildman–Crippen LogP) is 3.02. The summed E-state index contributed by atoms with van der Waals surface area (Å²) in [6.45, 7) is 4.08. The Balaban J connectivity index is 2.83. The van der Waals surface area contributed by atoms with Gasteiger partial charge in [0.25, 0.3) is 5.79 Å². The summed E-state index contributed by atoms with van der Waals surface area (Å²) in [6, 6.07) is 4.10. The maximum absolute atomic E-state index is 12.5. The average molecular weight is 307 g/mol. The van der Waals surface area contributed by atoms with Crippen molar-refractivity contribution in [1.29, 1.82) is 0 Å². The number of phenols is 1. The van der Waals surface area contributed by atoms with Crippen LogP contribution in [0.4, 0.5) is 5.69 Å². The van der Waals surface area contributed by atoms with Crippen molar-refractivity contribution >= 4 is 11.5 Å². The number of benzene rings is 1. The number of Topliss-reactive ketones (excluding diaryl/α,β-unsaturated/α-hetero) is 1. The number of carbonyl (C=O) groups is 1. The molecule has 0 aliphatic heterocycles. The van der Waals surface area contributed by atoms with Crippen LogP contribution < -0.4 is 5.73 Å². The van der Waals surface area contributed by atoms with Crippen LogP contribution in [0.2, 0.25) is 0 Å². The number of hydrogen-bond donors (Lipinski definition) is 3. The molecule has 0 aliphatic carbocycles. The van der Waals surface area contributed by atoms with E-state index in [0.717, 1.165) is 25.7 Å². The Morgan fingerprint density at radius 2 is 2.09 bits per heavy atom. The van der Waals surface area contributed by atoms with E-state index in [1.807, 2.05) is 0 Å². The van der Waals surface area contributed by atoms with E-state index in [-0.39, 0.29) is 23.6 Å². The summed E-state index contributed by atoms with van der Waals surface area (Å²) < 4.78 is 5.41. The highest BCUT2D eigenvalue weighted by Crippen LogP contribution is 2.25. The number of phenolic OH excluding ortho intramolecular Hbond substituents is 1. The smallest absolute Gasteiger partial charge is 0.251 e. The van der Waals surface area contributed by atoms with Gasteiger partial charge >= 0.3 is 0 Å². The predicted molar refractivity (Wildman–Crippen MR) is 86.7 cm³/mol. The molecule has 5 heteroatoms. The highest BCUT2D eigenvalue weighted by Gasteiger charge is 2.35. The number of allylic oxidation sites excluding steroid dienone is 1. The number of hydrogen-bond acceptors (Lipinski definition) is 5. The standard InChI is InChI=1S/C17H25NO4/c1-3-5-6-7-11-22-17(21,10-4-2)16(20)13-8-9-14(18)15(19)12-13/h4,8-10,12,19,21H,3,5-7,11,18H2,1-2H3. The van der Waals surface area contributed by atoms with Crippen LogP contribution in [-0.4, -0.2) is 28.4 Å². The second-order valence-electron chi connectivity index (χ2n) is 5.21. The van der Waals surface area contributed by atoms with Crippen LogP contribution in [0.5, 0.6) is 5.75 Å². The molecule has 0 heterocycles. The van der Waals surface area contributed by atoms with Crippen molar-refractivity contribution in [3.63, 3.8) is 0 Å². The number of nitrogen functional groups attached to an aromatic ring is 1. The maximum Gasteiger partial charge on any atom is 0.251 e. The first-order chi connectivity index (χ1) is 10.4. The number of unbranched alkanes of at least 4 members (excludes halogenated alkanes) is 3. The van der Waals surface area contributed by atoms with Gasteiger partial charge in [0.15, 0.2) is 0 Å². The molecule has 22 heavy (non-hydrogen) atoms. The third kappa shape index (κ3) is 4.86. The van der Waals surface area contributed by atoms with Gasteiger partial charge in [-0.05, 0) is 37.6 Å². The third-order valence-corrected chi connectivity index (χ3v) is 3.33. The number of rotatable bonds is 9. The van der Waals surface area contributed by atoms with Gasteiger partial charge in [-0.3, -0.25) is 4.79 Å². The molecule has 0 amide bonds. The monoisotopic (exact) mass is 307 g/mol. The Bertz CT molecular complexity index is 527. The van der Waals surface area contributed by atoms with Crippen molar-refractivity contribution in [2.45, 2.75) is 45.3 Å². The molecule has 1 aromatic carbocycles. The van der Waals surface area contributed by atoms with Crippen molar-refractivity contribution in [1.82, 2.24) is 0 Å². The van der Waals surface area contributed by atoms with E-state index >= 15 is 0 Å². The largest absolute Gasteiger partial charge is 0.506 e. The molecule has 0 bridgehead atoms. The van der Waals surface area contributed by atoms with Gasteiger partial charge in [-0.15, -0.1) is 0 Å². The highest BCUT2D eigenvalue weighted by molar-refractivity contribution is 6.03. The average Bonchev–Trinajstić information content (AvgIpc) is 2.49. The fourth-order valence-corrected chi connectivity index (χ4v) is 2.06. The number of nitrogens with two attached hydrogens (primary N) is 1. The number of anilines is 1. The van der Waals surface area contributed by atoms with Crippen molar-refractivity contribution < 1.29 is 19.7 Å². The lowest BCUT2D eigenvalue weighted by atomic mass is 10.0. The van der Waals surface area contributed by atoms with Crippen molar-refractivity contribution in [2.75, 3.05) is 12.3 Å². The summed E-state index contributed by atoms with van der Waals surface area (Å²) in [6.07, 6.45) is 6.81. The minimum Gasteiger partial charge on any atom is -0.506 e. The molecule has 1 unspecified atom stereocenters. The summed E-state index contributed by atoms with van der Waals surface area (Å²) in [5, 5.41) is 20.1. The molecule has 1 aromatic rings.